The number of hydrogen-bond donors (Lipinski definition) is 1. The lowest BCUT2D eigenvalue weighted by atomic mass is 10.0. The minimum Gasteiger partial charge on any atom is -0.493 e. The van der Waals surface area contributed by atoms with Gasteiger partial charge in [0.25, 0.3) is 0 Å². The monoisotopic (exact) mass is 552 g/mol. The maximum atomic E-state index is 13.1. The van der Waals surface area contributed by atoms with Crippen molar-refractivity contribution < 1.29 is 28.5 Å². The summed E-state index contributed by atoms with van der Waals surface area (Å²) in [6.45, 7) is 6.25. The van der Waals surface area contributed by atoms with Gasteiger partial charge in [0.15, 0.2) is 11.5 Å². The van der Waals surface area contributed by atoms with Crippen molar-refractivity contribution in [2.45, 2.75) is 51.1 Å². The van der Waals surface area contributed by atoms with Crippen LogP contribution in [0.5, 0.6) is 17.2 Å². The van der Waals surface area contributed by atoms with Crippen LogP contribution in [0.15, 0.2) is 42.5 Å². The minimum atomic E-state index is -0.238. The molecule has 2 amide bonds. The first-order valence-electron chi connectivity index (χ1n) is 14.1. The molecule has 2 fully saturated rings. The number of likely N-dealkylation sites (tertiary alicyclic amines) is 2. The number of fused-ring (bicyclic) bond motifs is 5. The number of carbonyl (C=O) groups excluding carboxylic acids is 2. The van der Waals surface area contributed by atoms with Crippen molar-refractivity contribution in [3.05, 3.63) is 53.6 Å². The first-order valence-corrected chi connectivity index (χ1v) is 14.1. The Morgan fingerprint density at radius 2 is 1.90 bits per heavy atom. The third-order valence-electron chi connectivity index (χ3n) is 7.83. The average molecular weight is 553 g/mol. The number of hydrogen-bond acceptors (Lipinski definition) is 8. The fourth-order valence-electron chi connectivity index (χ4n) is 5.83. The Labute approximate surface area is 236 Å². The smallest absolute Gasteiger partial charge is 0.409 e. The number of nitrogens with zero attached hydrogens (tertiary/aromatic N) is 3. The molecule has 2 saturated heterocycles. The zero-order valence-corrected chi connectivity index (χ0v) is 23.6. The molecule has 0 radical (unpaired) electrons. The van der Waals surface area contributed by atoms with Gasteiger partial charge < -0.3 is 29.2 Å². The topological polar surface area (TPSA) is 92.8 Å². The van der Waals surface area contributed by atoms with E-state index in [4.69, 9.17) is 18.9 Å². The molecule has 0 aliphatic carbocycles. The summed E-state index contributed by atoms with van der Waals surface area (Å²) in [6.07, 6.45) is 1.35. The van der Waals surface area contributed by atoms with Gasteiger partial charge in [-0.3, -0.25) is 14.6 Å². The first kappa shape index (κ1) is 28.2. The van der Waals surface area contributed by atoms with Crippen molar-refractivity contribution >= 4 is 12.0 Å². The SMILES string of the molecule is CCOC(=O)N1CCC(N2C[C@@H]3NC(=O)CN(C)Cc4ccc(OC)c(c4)Oc4cccc(c4)CO[C@H]3C2)CC1. The second-order valence-electron chi connectivity index (χ2n) is 10.8. The number of benzene rings is 2. The number of methoxy groups -OCH3 is 1. The molecule has 40 heavy (non-hydrogen) atoms. The highest BCUT2D eigenvalue weighted by molar-refractivity contribution is 5.78. The second kappa shape index (κ2) is 12.9. The van der Waals surface area contributed by atoms with Crippen LogP contribution in [0.1, 0.15) is 30.9 Å². The van der Waals surface area contributed by atoms with Gasteiger partial charge in [-0.2, -0.15) is 0 Å². The van der Waals surface area contributed by atoms with E-state index >= 15 is 0 Å². The fourth-order valence-corrected chi connectivity index (χ4v) is 5.83. The van der Waals surface area contributed by atoms with E-state index in [9.17, 15) is 9.59 Å². The summed E-state index contributed by atoms with van der Waals surface area (Å²) in [5.41, 5.74) is 2.02. The molecular weight excluding hydrogens is 512 g/mol. The van der Waals surface area contributed by atoms with Crippen molar-refractivity contribution in [3.63, 3.8) is 0 Å². The molecule has 10 nitrogen and oxygen atoms in total. The molecule has 0 spiro atoms. The van der Waals surface area contributed by atoms with E-state index in [1.165, 1.54) is 0 Å². The Morgan fingerprint density at radius 3 is 2.67 bits per heavy atom. The summed E-state index contributed by atoms with van der Waals surface area (Å²) in [7, 11) is 3.56. The quantitative estimate of drug-likeness (QED) is 0.621. The maximum Gasteiger partial charge on any atom is 0.409 e. The lowest BCUT2D eigenvalue weighted by Crippen LogP contribution is -2.48. The molecule has 2 aromatic carbocycles. The van der Waals surface area contributed by atoms with Crippen LogP contribution in [-0.2, 0) is 27.4 Å². The predicted molar refractivity (Wildman–Crippen MR) is 150 cm³/mol. The number of carbonyl (C=O) groups is 2. The molecule has 216 valence electrons. The molecule has 4 bridgehead atoms. The standard InChI is InChI=1S/C30H40N4O6/c1-4-38-30(36)33-12-10-23(11-13-33)34-17-25-28(18-34)39-20-22-6-5-7-24(14-22)40-27-15-21(8-9-26(27)37-3)16-32(2)19-29(35)31-25/h5-9,14-15,23,25,28H,4,10-13,16-20H2,1-3H3,(H,31,35)/t25-,28-/m0/s1. The summed E-state index contributed by atoms with van der Waals surface area (Å²) < 4.78 is 23.4. The number of likely N-dealkylation sites (N-methyl/N-ethyl adjacent to an activating group) is 1. The Morgan fingerprint density at radius 1 is 1.07 bits per heavy atom. The second-order valence-corrected chi connectivity index (χ2v) is 10.8. The van der Waals surface area contributed by atoms with Crippen molar-refractivity contribution in [3.8, 4) is 17.2 Å². The summed E-state index contributed by atoms with van der Waals surface area (Å²) in [5, 5.41) is 3.26. The summed E-state index contributed by atoms with van der Waals surface area (Å²) >= 11 is 0. The normalized spacial score (nSPS) is 23.2. The van der Waals surface area contributed by atoms with Crippen molar-refractivity contribution in [2.75, 3.05) is 53.5 Å². The number of nitrogens with one attached hydrogen (secondary N) is 1. The molecule has 1 N–H and O–H groups in total. The van der Waals surface area contributed by atoms with E-state index in [-0.39, 0.29) is 30.7 Å². The first-order chi connectivity index (χ1) is 19.4. The lowest BCUT2D eigenvalue weighted by molar-refractivity contribution is -0.123. The van der Waals surface area contributed by atoms with Crippen LogP contribution in [0.3, 0.4) is 0 Å². The van der Waals surface area contributed by atoms with Crippen LogP contribution < -0.4 is 14.8 Å². The Hall–Kier alpha value is -3.34. The molecule has 3 aliphatic rings. The molecule has 0 saturated carbocycles. The van der Waals surface area contributed by atoms with Crippen LogP contribution in [0.25, 0.3) is 0 Å². The molecule has 0 aromatic heterocycles. The van der Waals surface area contributed by atoms with Gasteiger partial charge in [-0.05, 0) is 62.2 Å². The van der Waals surface area contributed by atoms with Gasteiger partial charge in [-0.15, -0.1) is 0 Å². The van der Waals surface area contributed by atoms with E-state index in [0.29, 0.717) is 56.1 Å². The minimum absolute atomic E-state index is 0.0286. The van der Waals surface area contributed by atoms with E-state index in [1.54, 1.807) is 12.0 Å². The molecule has 0 unspecified atom stereocenters. The molecule has 2 atom stereocenters. The zero-order valence-electron chi connectivity index (χ0n) is 23.6. The van der Waals surface area contributed by atoms with E-state index in [2.05, 4.69) is 10.2 Å². The molecule has 5 rings (SSSR count). The van der Waals surface area contributed by atoms with Crippen LogP contribution in [0.2, 0.25) is 0 Å². The van der Waals surface area contributed by atoms with Gasteiger partial charge in [0.2, 0.25) is 5.91 Å². The summed E-state index contributed by atoms with van der Waals surface area (Å²) in [5.74, 6) is 1.96. The van der Waals surface area contributed by atoms with Gasteiger partial charge in [0.05, 0.1) is 39.0 Å². The van der Waals surface area contributed by atoms with Crippen LogP contribution in [0.4, 0.5) is 4.79 Å². The molecule has 2 aromatic rings. The van der Waals surface area contributed by atoms with Gasteiger partial charge in [0.1, 0.15) is 5.75 Å². The number of ether oxygens (including phenoxy) is 4. The fraction of sp³-hybridized carbons (Fsp3) is 0.533. The van der Waals surface area contributed by atoms with E-state index in [1.807, 2.05) is 61.3 Å². The van der Waals surface area contributed by atoms with E-state index < -0.39 is 0 Å². The Balaban J connectivity index is 1.31. The predicted octanol–water partition coefficient (Wildman–Crippen LogP) is 3.24. The number of rotatable bonds is 3. The molecule has 10 heteroatoms. The Bertz CT molecular complexity index is 1180. The third-order valence-corrected chi connectivity index (χ3v) is 7.83. The largest absolute Gasteiger partial charge is 0.493 e. The van der Waals surface area contributed by atoms with Crippen molar-refractivity contribution in [2.24, 2.45) is 0 Å². The van der Waals surface area contributed by atoms with Crippen LogP contribution in [-0.4, -0.2) is 98.4 Å². The van der Waals surface area contributed by atoms with Crippen LogP contribution in [0, 0.1) is 0 Å². The van der Waals surface area contributed by atoms with Crippen LogP contribution >= 0.6 is 0 Å². The summed E-state index contributed by atoms with van der Waals surface area (Å²) in [4.78, 5) is 31.5. The number of piperidine rings is 1. The third kappa shape index (κ3) is 6.86. The Kier molecular flexibility index (Phi) is 9.08. The highest BCUT2D eigenvalue weighted by Crippen LogP contribution is 2.33. The summed E-state index contributed by atoms with van der Waals surface area (Å²) in [6, 6.07) is 13.9. The van der Waals surface area contributed by atoms with Crippen molar-refractivity contribution in [1.82, 2.24) is 20.0 Å². The van der Waals surface area contributed by atoms with Crippen molar-refractivity contribution in [1.29, 1.82) is 0 Å². The maximum absolute atomic E-state index is 13.1. The van der Waals surface area contributed by atoms with Gasteiger partial charge >= 0.3 is 6.09 Å². The van der Waals surface area contributed by atoms with Gasteiger partial charge in [-0.1, -0.05) is 18.2 Å². The molecule has 3 heterocycles. The van der Waals surface area contributed by atoms with E-state index in [0.717, 1.165) is 37.1 Å². The molecular formula is C30H40N4O6. The number of amides is 2. The lowest BCUT2D eigenvalue weighted by Gasteiger charge is -2.36. The highest BCUT2D eigenvalue weighted by Gasteiger charge is 2.39. The van der Waals surface area contributed by atoms with Gasteiger partial charge in [0, 0.05) is 38.8 Å². The average Bonchev–Trinajstić information content (AvgIpc) is 3.34. The highest BCUT2D eigenvalue weighted by atomic mass is 16.6. The zero-order chi connectivity index (χ0) is 28.1. The molecule has 3 aliphatic heterocycles. The van der Waals surface area contributed by atoms with Gasteiger partial charge in [-0.25, -0.2) is 4.79 Å².